The first kappa shape index (κ1) is 15.8. The molecule has 0 aliphatic carbocycles. The Morgan fingerprint density at radius 3 is 2.57 bits per heavy atom. The first-order valence-electron chi connectivity index (χ1n) is 7.25. The number of thioether (sulfide) groups is 1. The molecule has 0 aliphatic rings. The third-order valence-electron chi connectivity index (χ3n) is 3.40. The van der Waals surface area contributed by atoms with E-state index < -0.39 is 0 Å². The molecule has 0 saturated heterocycles. The van der Waals surface area contributed by atoms with E-state index in [2.05, 4.69) is 44.2 Å². The Morgan fingerprint density at radius 2 is 1.81 bits per heavy atom. The zero-order valence-electron chi connectivity index (χ0n) is 13.0. The van der Waals surface area contributed by atoms with Gasteiger partial charge in [-0.3, -0.25) is 0 Å². The van der Waals surface area contributed by atoms with E-state index in [1.165, 1.54) is 16.0 Å². The molecule has 2 aromatic carbocycles. The van der Waals surface area contributed by atoms with E-state index in [4.69, 9.17) is 10.5 Å². The van der Waals surface area contributed by atoms with Gasteiger partial charge in [-0.2, -0.15) is 0 Å². The number of benzene rings is 2. The number of nitrogens with two attached hydrogens (primary N) is 1. The molecule has 2 rings (SSSR count). The third kappa shape index (κ3) is 4.71. The lowest BCUT2D eigenvalue weighted by Gasteiger charge is -2.10. The highest BCUT2D eigenvalue weighted by Crippen LogP contribution is 2.23. The zero-order chi connectivity index (χ0) is 15.2. The van der Waals surface area contributed by atoms with Crippen molar-refractivity contribution in [2.45, 2.75) is 32.1 Å². The topological polar surface area (TPSA) is 35.2 Å². The average Bonchev–Trinajstić information content (AvgIpc) is 2.46. The number of hydrogen-bond acceptors (Lipinski definition) is 3. The van der Waals surface area contributed by atoms with Gasteiger partial charge in [-0.05, 0) is 68.1 Å². The third-order valence-corrected chi connectivity index (χ3v) is 4.48. The molecular formula is C18H23NOS. The number of ether oxygens (including phenoxy) is 1. The summed E-state index contributed by atoms with van der Waals surface area (Å²) in [6, 6.07) is 12.5. The van der Waals surface area contributed by atoms with Crippen molar-refractivity contribution in [3.05, 3.63) is 53.1 Å². The highest BCUT2D eigenvalue weighted by Gasteiger charge is 2.01. The molecule has 0 unspecified atom stereocenters. The van der Waals surface area contributed by atoms with Gasteiger partial charge in [0.1, 0.15) is 5.75 Å². The predicted molar refractivity (Wildman–Crippen MR) is 92.3 cm³/mol. The Labute approximate surface area is 131 Å². The van der Waals surface area contributed by atoms with Crippen molar-refractivity contribution in [3.63, 3.8) is 0 Å². The van der Waals surface area contributed by atoms with Crippen molar-refractivity contribution in [1.82, 2.24) is 0 Å². The molecule has 0 saturated carbocycles. The molecule has 0 aromatic heterocycles. The summed E-state index contributed by atoms with van der Waals surface area (Å²) < 4.78 is 5.87. The molecule has 0 fully saturated rings. The van der Waals surface area contributed by atoms with Crippen LogP contribution < -0.4 is 10.5 Å². The van der Waals surface area contributed by atoms with Crippen LogP contribution in [-0.4, -0.2) is 12.4 Å². The molecule has 0 amide bonds. The summed E-state index contributed by atoms with van der Waals surface area (Å²) in [4.78, 5) is 1.27. The number of anilines is 1. The Kier molecular flexibility index (Phi) is 5.57. The fraction of sp³-hybridized carbons (Fsp3) is 0.333. The molecule has 0 spiro atoms. The van der Waals surface area contributed by atoms with E-state index in [-0.39, 0.29) is 0 Å². The molecule has 0 aliphatic heterocycles. The standard InChI is InChI=1S/C18H23NOS/c1-13-5-6-14(2)18(11-13)20-9-4-10-21-16-7-8-17(19)15(3)12-16/h5-8,11-12H,4,9-10,19H2,1-3H3. The summed E-state index contributed by atoms with van der Waals surface area (Å²) in [5, 5.41) is 0. The first-order valence-corrected chi connectivity index (χ1v) is 8.24. The van der Waals surface area contributed by atoms with Crippen molar-refractivity contribution in [2.75, 3.05) is 18.1 Å². The van der Waals surface area contributed by atoms with Crippen molar-refractivity contribution >= 4 is 17.4 Å². The van der Waals surface area contributed by atoms with Gasteiger partial charge in [0.25, 0.3) is 0 Å². The monoisotopic (exact) mass is 301 g/mol. The minimum Gasteiger partial charge on any atom is -0.493 e. The maximum atomic E-state index is 5.87. The summed E-state index contributed by atoms with van der Waals surface area (Å²) in [5.74, 6) is 2.05. The summed E-state index contributed by atoms with van der Waals surface area (Å²) >= 11 is 1.85. The lowest BCUT2D eigenvalue weighted by Crippen LogP contribution is -2.00. The van der Waals surface area contributed by atoms with Crippen LogP contribution in [0.2, 0.25) is 0 Å². The second-order valence-electron chi connectivity index (χ2n) is 5.34. The van der Waals surface area contributed by atoms with Gasteiger partial charge in [0.15, 0.2) is 0 Å². The number of nitrogen functional groups attached to an aromatic ring is 1. The van der Waals surface area contributed by atoms with Crippen LogP contribution in [-0.2, 0) is 0 Å². The van der Waals surface area contributed by atoms with Crippen molar-refractivity contribution in [2.24, 2.45) is 0 Å². The number of hydrogen-bond donors (Lipinski definition) is 1. The van der Waals surface area contributed by atoms with Gasteiger partial charge >= 0.3 is 0 Å². The maximum absolute atomic E-state index is 5.87. The molecular weight excluding hydrogens is 278 g/mol. The smallest absolute Gasteiger partial charge is 0.122 e. The summed E-state index contributed by atoms with van der Waals surface area (Å²) in [7, 11) is 0. The normalized spacial score (nSPS) is 10.6. The van der Waals surface area contributed by atoms with Crippen LogP contribution >= 0.6 is 11.8 Å². The number of aryl methyl sites for hydroxylation is 3. The largest absolute Gasteiger partial charge is 0.493 e. The van der Waals surface area contributed by atoms with E-state index >= 15 is 0 Å². The SMILES string of the molecule is Cc1ccc(C)c(OCCCSc2ccc(N)c(C)c2)c1. The molecule has 2 nitrogen and oxygen atoms in total. The van der Waals surface area contributed by atoms with Crippen molar-refractivity contribution in [1.29, 1.82) is 0 Å². The maximum Gasteiger partial charge on any atom is 0.122 e. The molecule has 0 bridgehead atoms. The Hall–Kier alpha value is -1.61. The van der Waals surface area contributed by atoms with Crippen molar-refractivity contribution in [3.8, 4) is 5.75 Å². The van der Waals surface area contributed by atoms with Gasteiger partial charge in [-0.15, -0.1) is 11.8 Å². The van der Waals surface area contributed by atoms with E-state index in [0.29, 0.717) is 0 Å². The molecule has 3 heteroatoms. The molecule has 112 valence electrons. The molecule has 2 N–H and O–H groups in total. The lowest BCUT2D eigenvalue weighted by atomic mass is 10.1. The van der Waals surface area contributed by atoms with Gasteiger partial charge in [-0.25, -0.2) is 0 Å². The second kappa shape index (κ2) is 7.41. The molecule has 0 heterocycles. The zero-order valence-corrected chi connectivity index (χ0v) is 13.8. The van der Waals surface area contributed by atoms with Gasteiger partial charge in [0.05, 0.1) is 6.61 Å². The van der Waals surface area contributed by atoms with Crippen LogP contribution in [0.25, 0.3) is 0 Å². The average molecular weight is 301 g/mol. The Balaban J connectivity index is 1.75. The highest BCUT2D eigenvalue weighted by atomic mass is 32.2. The van der Waals surface area contributed by atoms with Crippen LogP contribution in [0, 0.1) is 20.8 Å². The highest BCUT2D eigenvalue weighted by molar-refractivity contribution is 7.99. The second-order valence-corrected chi connectivity index (χ2v) is 6.51. The lowest BCUT2D eigenvalue weighted by molar-refractivity contribution is 0.316. The Morgan fingerprint density at radius 1 is 1.00 bits per heavy atom. The van der Waals surface area contributed by atoms with Gasteiger partial charge in [0, 0.05) is 16.3 Å². The predicted octanol–water partition coefficient (Wildman–Crippen LogP) is 4.76. The van der Waals surface area contributed by atoms with Crippen LogP contribution in [0.3, 0.4) is 0 Å². The molecule has 0 radical (unpaired) electrons. The van der Waals surface area contributed by atoms with Gasteiger partial charge in [-0.1, -0.05) is 12.1 Å². The minimum atomic E-state index is 0.755. The minimum absolute atomic E-state index is 0.755. The van der Waals surface area contributed by atoms with E-state index in [1.54, 1.807) is 0 Å². The first-order chi connectivity index (χ1) is 10.1. The summed E-state index contributed by atoms with van der Waals surface area (Å²) in [6.45, 7) is 6.97. The van der Waals surface area contributed by atoms with E-state index in [0.717, 1.165) is 35.8 Å². The summed E-state index contributed by atoms with van der Waals surface area (Å²) in [5.41, 5.74) is 10.3. The quantitative estimate of drug-likeness (QED) is 0.475. The van der Waals surface area contributed by atoms with Gasteiger partial charge < -0.3 is 10.5 Å². The van der Waals surface area contributed by atoms with Crippen LogP contribution in [0.1, 0.15) is 23.1 Å². The van der Waals surface area contributed by atoms with E-state index in [9.17, 15) is 0 Å². The van der Waals surface area contributed by atoms with Gasteiger partial charge in [0.2, 0.25) is 0 Å². The van der Waals surface area contributed by atoms with Crippen LogP contribution in [0.15, 0.2) is 41.3 Å². The molecule has 21 heavy (non-hydrogen) atoms. The fourth-order valence-corrected chi connectivity index (χ4v) is 2.95. The van der Waals surface area contributed by atoms with E-state index in [1.807, 2.05) is 24.8 Å². The van der Waals surface area contributed by atoms with Crippen molar-refractivity contribution < 1.29 is 4.74 Å². The summed E-state index contributed by atoms with van der Waals surface area (Å²) in [6.07, 6.45) is 1.03. The molecule has 2 aromatic rings. The van der Waals surface area contributed by atoms with Crippen LogP contribution in [0.5, 0.6) is 5.75 Å². The molecule has 0 atom stereocenters. The Bertz CT molecular complexity index is 610. The number of rotatable bonds is 6. The fourth-order valence-electron chi connectivity index (χ4n) is 2.03. The van der Waals surface area contributed by atoms with Crippen LogP contribution in [0.4, 0.5) is 5.69 Å².